The van der Waals surface area contributed by atoms with Crippen molar-refractivity contribution < 1.29 is 13.2 Å². The fraction of sp³-hybridized carbons (Fsp3) is 0.250. The Morgan fingerprint density at radius 3 is 2.32 bits per heavy atom. The van der Waals surface area contributed by atoms with Gasteiger partial charge in [0.25, 0.3) is 0 Å². The summed E-state index contributed by atoms with van der Waals surface area (Å²) < 4.78 is 37.7. The molecular formula is C20H20Cl2F3N3. The molecule has 3 nitrogen and oxygen atoms in total. The van der Waals surface area contributed by atoms with Crippen LogP contribution in [0.5, 0.6) is 0 Å². The zero-order chi connectivity index (χ0) is 20.0. The second kappa shape index (κ2) is 10.4. The minimum absolute atomic E-state index is 0. The molecule has 150 valence electrons. The van der Waals surface area contributed by atoms with Gasteiger partial charge in [0.1, 0.15) is 0 Å². The van der Waals surface area contributed by atoms with Crippen LogP contribution in [0.1, 0.15) is 29.2 Å². The van der Waals surface area contributed by atoms with Crippen LogP contribution in [0.25, 0.3) is 0 Å². The highest BCUT2D eigenvalue weighted by molar-refractivity contribution is 6.30. The quantitative estimate of drug-likeness (QED) is 0.544. The van der Waals surface area contributed by atoms with Gasteiger partial charge in [0.2, 0.25) is 0 Å². The highest BCUT2D eigenvalue weighted by Crippen LogP contribution is 2.29. The maximum absolute atomic E-state index is 12.6. The Hall–Kier alpha value is -2.18. The lowest BCUT2D eigenvalue weighted by atomic mass is 10.1. The van der Waals surface area contributed by atoms with E-state index >= 15 is 0 Å². The van der Waals surface area contributed by atoms with Gasteiger partial charge in [-0.25, -0.2) is 0 Å². The predicted molar refractivity (Wildman–Crippen MR) is 112 cm³/mol. The molecule has 2 aromatic carbocycles. The fourth-order valence-corrected chi connectivity index (χ4v) is 2.52. The van der Waals surface area contributed by atoms with Gasteiger partial charge in [-0.05, 0) is 54.8 Å². The number of nitrogens with zero attached hydrogens (tertiary/aromatic N) is 2. The van der Waals surface area contributed by atoms with Gasteiger partial charge in [-0.1, -0.05) is 29.8 Å². The number of alkyl halides is 3. The zero-order valence-electron chi connectivity index (χ0n) is 15.3. The monoisotopic (exact) mass is 429 g/mol. The predicted octanol–water partition coefficient (Wildman–Crippen LogP) is 6.04. The summed E-state index contributed by atoms with van der Waals surface area (Å²) in [7, 11) is 0. The van der Waals surface area contributed by atoms with E-state index in [9.17, 15) is 13.2 Å². The molecule has 0 aliphatic rings. The summed E-state index contributed by atoms with van der Waals surface area (Å²) in [6, 6.07) is 10.3. The number of aryl methyl sites for hydroxylation is 1. The van der Waals surface area contributed by atoms with E-state index in [4.69, 9.17) is 17.0 Å². The van der Waals surface area contributed by atoms with Gasteiger partial charge in [-0.15, -0.1) is 12.4 Å². The van der Waals surface area contributed by atoms with E-state index in [0.717, 1.165) is 23.3 Å². The van der Waals surface area contributed by atoms with Crippen molar-refractivity contribution in [3.05, 3.63) is 69.7 Å². The molecule has 0 saturated carbocycles. The van der Waals surface area contributed by atoms with Crippen molar-refractivity contribution in [3.8, 4) is 0 Å². The van der Waals surface area contributed by atoms with Gasteiger partial charge < -0.3 is 5.41 Å². The number of aliphatic imine (C=N–C) groups is 2. The fourth-order valence-electron chi connectivity index (χ4n) is 2.29. The molecule has 0 aliphatic heterocycles. The van der Waals surface area contributed by atoms with E-state index in [1.165, 1.54) is 12.1 Å². The summed E-state index contributed by atoms with van der Waals surface area (Å²) >= 11 is 5.90. The molecule has 8 heteroatoms. The first-order valence-electron chi connectivity index (χ1n) is 8.18. The molecule has 0 atom stereocenters. The van der Waals surface area contributed by atoms with Crippen LogP contribution in [0.4, 0.5) is 13.2 Å². The lowest BCUT2D eigenvalue weighted by molar-refractivity contribution is -0.137. The van der Waals surface area contributed by atoms with Crippen molar-refractivity contribution in [1.29, 1.82) is 5.41 Å². The summed E-state index contributed by atoms with van der Waals surface area (Å²) in [5.41, 5.74) is 2.70. The first kappa shape index (κ1) is 23.9. The first-order chi connectivity index (χ1) is 12.7. The molecule has 28 heavy (non-hydrogen) atoms. The van der Waals surface area contributed by atoms with Crippen molar-refractivity contribution in [1.82, 2.24) is 0 Å². The summed E-state index contributed by atoms with van der Waals surface area (Å²) in [6.07, 6.45) is -2.67. The van der Waals surface area contributed by atoms with Gasteiger partial charge >= 0.3 is 6.18 Å². The Kier molecular flexibility index (Phi) is 8.85. The summed E-state index contributed by atoms with van der Waals surface area (Å²) in [6.45, 7) is 3.97. The third-order valence-electron chi connectivity index (χ3n) is 3.88. The first-order valence-corrected chi connectivity index (χ1v) is 8.55. The Bertz CT molecular complexity index is 873. The summed E-state index contributed by atoms with van der Waals surface area (Å²) in [5.74, 6) is 0. The van der Waals surface area contributed by atoms with Gasteiger partial charge in [0.15, 0.2) is 0 Å². The van der Waals surface area contributed by atoms with Gasteiger partial charge in [0, 0.05) is 16.9 Å². The van der Waals surface area contributed by atoms with Crippen LogP contribution >= 0.6 is 24.0 Å². The molecule has 0 unspecified atom stereocenters. The van der Waals surface area contributed by atoms with Crippen LogP contribution < -0.4 is 0 Å². The Morgan fingerprint density at radius 1 is 1.11 bits per heavy atom. The summed E-state index contributed by atoms with van der Waals surface area (Å²) in [4.78, 5) is 8.49. The SMILES string of the molecule is CC(=NCC(=N)CN=Cc1ccc(Cl)cc1C)c1ccc(C(F)(F)F)cc1.Cl. The van der Waals surface area contributed by atoms with E-state index in [2.05, 4.69) is 9.98 Å². The lowest BCUT2D eigenvalue weighted by Crippen LogP contribution is -2.09. The largest absolute Gasteiger partial charge is 0.416 e. The van der Waals surface area contributed by atoms with Gasteiger partial charge in [-0.3, -0.25) is 9.98 Å². The number of halogens is 5. The molecule has 2 aromatic rings. The molecule has 1 N–H and O–H groups in total. The Morgan fingerprint density at radius 2 is 1.75 bits per heavy atom. The molecular weight excluding hydrogens is 410 g/mol. The van der Waals surface area contributed by atoms with Crippen LogP contribution in [0.2, 0.25) is 5.02 Å². The van der Waals surface area contributed by atoms with Crippen molar-refractivity contribution in [3.63, 3.8) is 0 Å². The molecule has 0 aliphatic carbocycles. The van der Waals surface area contributed by atoms with Crippen LogP contribution in [0.15, 0.2) is 52.4 Å². The number of hydrogen-bond acceptors (Lipinski definition) is 3. The molecule has 2 rings (SSSR count). The third-order valence-corrected chi connectivity index (χ3v) is 4.12. The van der Waals surface area contributed by atoms with E-state index < -0.39 is 11.7 Å². The van der Waals surface area contributed by atoms with E-state index in [1.807, 2.05) is 19.1 Å². The van der Waals surface area contributed by atoms with Crippen LogP contribution in [0, 0.1) is 12.3 Å². The molecule has 0 fully saturated rings. The average molecular weight is 430 g/mol. The Labute approximate surface area is 173 Å². The van der Waals surface area contributed by atoms with Crippen molar-refractivity contribution >= 4 is 41.6 Å². The number of hydrogen-bond donors (Lipinski definition) is 1. The minimum atomic E-state index is -4.36. The highest BCUT2D eigenvalue weighted by atomic mass is 35.5. The smallest absolute Gasteiger partial charge is 0.306 e. The maximum atomic E-state index is 12.6. The molecule has 0 spiro atoms. The van der Waals surface area contributed by atoms with Crippen molar-refractivity contribution in [2.45, 2.75) is 20.0 Å². The van der Waals surface area contributed by atoms with Crippen LogP contribution in [0.3, 0.4) is 0 Å². The lowest BCUT2D eigenvalue weighted by Gasteiger charge is -2.07. The Balaban J connectivity index is 0.00000392. The second-order valence-corrected chi connectivity index (χ2v) is 6.49. The number of rotatable bonds is 6. The average Bonchev–Trinajstić information content (AvgIpc) is 2.61. The molecule has 0 radical (unpaired) electrons. The second-order valence-electron chi connectivity index (χ2n) is 6.05. The van der Waals surface area contributed by atoms with E-state index in [-0.39, 0.29) is 25.5 Å². The zero-order valence-corrected chi connectivity index (χ0v) is 16.9. The number of benzene rings is 2. The topological polar surface area (TPSA) is 48.6 Å². The van der Waals surface area contributed by atoms with E-state index in [0.29, 0.717) is 22.0 Å². The third kappa shape index (κ3) is 7.09. The molecule has 0 saturated heterocycles. The minimum Gasteiger partial charge on any atom is -0.306 e. The molecule has 0 aromatic heterocycles. The van der Waals surface area contributed by atoms with E-state index in [1.54, 1.807) is 19.2 Å². The number of nitrogens with one attached hydrogen (secondary N) is 1. The standard InChI is InChI=1S/C20H19ClF3N3.ClH/c1-13-9-18(21)8-5-16(13)10-26-11-19(25)12-27-14(2)15-3-6-17(7-4-15)20(22,23)24;/h3-10,25H,11-12H2,1-2H3;1H. The molecule has 0 bridgehead atoms. The van der Waals surface area contributed by atoms with Crippen LogP contribution in [-0.2, 0) is 6.18 Å². The maximum Gasteiger partial charge on any atom is 0.416 e. The molecule has 0 heterocycles. The normalized spacial score (nSPS) is 12.1. The van der Waals surface area contributed by atoms with Crippen LogP contribution in [-0.4, -0.2) is 30.7 Å². The van der Waals surface area contributed by atoms with Crippen molar-refractivity contribution in [2.24, 2.45) is 9.98 Å². The molecule has 0 amide bonds. The van der Waals surface area contributed by atoms with Crippen molar-refractivity contribution in [2.75, 3.05) is 13.1 Å². The highest BCUT2D eigenvalue weighted by Gasteiger charge is 2.29. The summed E-state index contributed by atoms with van der Waals surface area (Å²) in [5, 5.41) is 8.58. The van der Waals surface area contributed by atoms with Gasteiger partial charge in [0.05, 0.1) is 24.4 Å². The van der Waals surface area contributed by atoms with Gasteiger partial charge in [-0.2, -0.15) is 13.2 Å².